The van der Waals surface area contributed by atoms with Gasteiger partial charge < -0.3 is 5.11 Å². The molecule has 1 aromatic rings. The second kappa shape index (κ2) is 6.97. The third-order valence-corrected chi connectivity index (χ3v) is 5.04. The van der Waals surface area contributed by atoms with Gasteiger partial charge >= 0.3 is 0 Å². The maximum Gasteiger partial charge on any atom is 0.271 e. The number of hydrogen-bond donors (Lipinski definition) is 2. The Hall–Kier alpha value is -1.51. The number of nitro groups is 1. The van der Waals surface area contributed by atoms with Crippen LogP contribution in [0.4, 0.5) is 5.69 Å². The maximum atomic E-state index is 12.4. The smallest absolute Gasteiger partial charge is 0.271 e. The van der Waals surface area contributed by atoms with Crippen molar-refractivity contribution in [3.05, 3.63) is 33.4 Å². The van der Waals surface area contributed by atoms with Gasteiger partial charge in [0.25, 0.3) is 5.69 Å². The average Bonchev–Trinajstić information content (AvgIpc) is 2.40. The molecule has 21 heavy (non-hydrogen) atoms. The first-order valence-corrected chi connectivity index (χ1v) is 8.10. The summed E-state index contributed by atoms with van der Waals surface area (Å²) in [5.74, 6) is 0. The van der Waals surface area contributed by atoms with Crippen molar-refractivity contribution in [2.24, 2.45) is 0 Å². The van der Waals surface area contributed by atoms with E-state index in [1.165, 1.54) is 6.07 Å². The van der Waals surface area contributed by atoms with Gasteiger partial charge in [0.2, 0.25) is 10.0 Å². The van der Waals surface area contributed by atoms with Crippen LogP contribution in [-0.2, 0) is 10.0 Å². The zero-order chi connectivity index (χ0) is 16.2. The van der Waals surface area contributed by atoms with E-state index in [-0.39, 0.29) is 17.2 Å². The molecule has 0 heterocycles. The highest BCUT2D eigenvalue weighted by Gasteiger charge is 2.24. The van der Waals surface area contributed by atoms with Crippen LogP contribution in [0, 0.1) is 24.0 Å². The van der Waals surface area contributed by atoms with Crippen molar-refractivity contribution in [3.8, 4) is 0 Å². The van der Waals surface area contributed by atoms with E-state index < -0.39 is 21.0 Å². The van der Waals surface area contributed by atoms with E-state index >= 15 is 0 Å². The van der Waals surface area contributed by atoms with Crippen LogP contribution in [-0.4, -0.2) is 31.1 Å². The predicted molar refractivity (Wildman–Crippen MR) is 78.7 cm³/mol. The molecule has 0 aliphatic heterocycles. The van der Waals surface area contributed by atoms with Crippen LogP contribution >= 0.6 is 0 Å². The average molecular weight is 316 g/mol. The molecule has 118 valence electrons. The quantitative estimate of drug-likeness (QED) is 0.587. The van der Waals surface area contributed by atoms with Crippen LogP contribution in [0.2, 0.25) is 0 Å². The normalized spacial score (nSPS) is 13.1. The fraction of sp³-hybridized carbons (Fsp3) is 0.538. The third kappa shape index (κ3) is 4.23. The van der Waals surface area contributed by atoms with E-state index in [0.717, 1.165) is 6.07 Å². The second-order valence-electron chi connectivity index (χ2n) is 4.88. The zero-order valence-corrected chi connectivity index (χ0v) is 13.1. The molecule has 1 atom stereocenters. The van der Waals surface area contributed by atoms with Crippen molar-refractivity contribution in [1.29, 1.82) is 0 Å². The minimum absolute atomic E-state index is 0.0920. The zero-order valence-electron chi connectivity index (χ0n) is 12.3. The number of nitrogens with one attached hydrogen (secondary N) is 1. The van der Waals surface area contributed by atoms with E-state index in [2.05, 4.69) is 4.72 Å². The fourth-order valence-electron chi connectivity index (χ4n) is 1.98. The monoisotopic (exact) mass is 316 g/mol. The van der Waals surface area contributed by atoms with Crippen molar-refractivity contribution in [1.82, 2.24) is 4.72 Å². The second-order valence-corrected chi connectivity index (χ2v) is 6.56. The summed E-state index contributed by atoms with van der Waals surface area (Å²) in [6.45, 7) is 4.91. The van der Waals surface area contributed by atoms with Crippen LogP contribution in [0.15, 0.2) is 17.0 Å². The number of aliphatic hydroxyl groups excluding tert-OH is 1. The summed E-state index contributed by atoms with van der Waals surface area (Å²) in [4.78, 5) is 10.2. The highest BCUT2D eigenvalue weighted by atomic mass is 32.2. The summed E-state index contributed by atoms with van der Waals surface area (Å²) in [5, 5.41) is 19.8. The van der Waals surface area contributed by atoms with Crippen molar-refractivity contribution in [3.63, 3.8) is 0 Å². The maximum absolute atomic E-state index is 12.4. The van der Waals surface area contributed by atoms with Crippen molar-refractivity contribution in [2.75, 3.05) is 6.61 Å². The molecule has 7 nitrogen and oxygen atoms in total. The first-order valence-electron chi connectivity index (χ1n) is 6.61. The minimum atomic E-state index is -3.87. The van der Waals surface area contributed by atoms with Crippen molar-refractivity contribution < 1.29 is 18.4 Å². The van der Waals surface area contributed by atoms with Gasteiger partial charge in [-0.05, 0) is 37.8 Å². The number of hydrogen-bond acceptors (Lipinski definition) is 5. The van der Waals surface area contributed by atoms with Crippen LogP contribution in [0.5, 0.6) is 0 Å². The molecule has 1 rings (SSSR count). The number of nitrogens with zero attached hydrogens (tertiary/aromatic N) is 1. The molecule has 0 amide bonds. The van der Waals surface area contributed by atoms with Crippen molar-refractivity contribution >= 4 is 15.7 Å². The van der Waals surface area contributed by atoms with Crippen LogP contribution in [0.25, 0.3) is 0 Å². The third-order valence-electron chi connectivity index (χ3n) is 3.40. The molecule has 8 heteroatoms. The number of nitro benzene ring substituents is 1. The molecule has 0 fully saturated rings. The summed E-state index contributed by atoms with van der Waals surface area (Å²) in [6.07, 6.45) is 0.815. The molecule has 1 aromatic carbocycles. The lowest BCUT2D eigenvalue weighted by atomic mass is 10.1. The van der Waals surface area contributed by atoms with Crippen LogP contribution in [0.3, 0.4) is 0 Å². The lowest BCUT2D eigenvalue weighted by molar-refractivity contribution is -0.385. The first kappa shape index (κ1) is 17.5. The lowest BCUT2D eigenvalue weighted by Crippen LogP contribution is -2.35. The summed E-state index contributed by atoms with van der Waals surface area (Å²) in [6, 6.07) is 2.01. The number of non-ortho nitro benzene ring substituents is 1. The highest BCUT2D eigenvalue weighted by molar-refractivity contribution is 7.89. The Bertz CT molecular complexity index is 628. The van der Waals surface area contributed by atoms with Gasteiger partial charge in [0.1, 0.15) is 0 Å². The Balaban J connectivity index is 3.27. The Morgan fingerprint density at radius 3 is 2.48 bits per heavy atom. The van der Waals surface area contributed by atoms with Gasteiger partial charge in [0.15, 0.2) is 0 Å². The lowest BCUT2D eigenvalue weighted by Gasteiger charge is -2.17. The molecule has 0 spiro atoms. The van der Waals surface area contributed by atoms with Crippen molar-refractivity contribution in [2.45, 2.75) is 44.6 Å². The standard InChI is InChI=1S/C13H20N2O5S/c1-4-11(5-6-16)14-21(19,20)13-8-12(15(17)18)7-9(2)10(13)3/h7-8,11,14,16H,4-6H2,1-3H3. The molecule has 0 bridgehead atoms. The van der Waals surface area contributed by atoms with E-state index in [4.69, 9.17) is 5.11 Å². The molecule has 0 aromatic heterocycles. The Morgan fingerprint density at radius 1 is 1.38 bits per heavy atom. The van der Waals surface area contributed by atoms with E-state index in [9.17, 15) is 18.5 Å². The van der Waals surface area contributed by atoms with Gasteiger partial charge in [-0.1, -0.05) is 6.92 Å². The summed E-state index contributed by atoms with van der Waals surface area (Å²) >= 11 is 0. The van der Waals surface area contributed by atoms with Crippen LogP contribution in [0.1, 0.15) is 30.9 Å². The van der Waals surface area contributed by atoms with Gasteiger partial charge in [0, 0.05) is 24.8 Å². The molecule has 0 saturated heterocycles. The molecule has 0 radical (unpaired) electrons. The highest BCUT2D eigenvalue weighted by Crippen LogP contribution is 2.25. The molecule has 1 unspecified atom stereocenters. The molecular formula is C13H20N2O5S. The van der Waals surface area contributed by atoms with Gasteiger partial charge in [0.05, 0.1) is 9.82 Å². The number of rotatable bonds is 7. The van der Waals surface area contributed by atoms with Gasteiger partial charge in [-0.25, -0.2) is 13.1 Å². The first-order chi connectivity index (χ1) is 9.72. The Labute approximate surface area is 124 Å². The largest absolute Gasteiger partial charge is 0.396 e. The summed E-state index contributed by atoms with van der Waals surface area (Å²) in [7, 11) is -3.87. The summed E-state index contributed by atoms with van der Waals surface area (Å²) in [5.41, 5.74) is 0.764. The van der Waals surface area contributed by atoms with Crippen LogP contribution < -0.4 is 4.72 Å². The number of sulfonamides is 1. The molecule has 0 saturated carbocycles. The number of aliphatic hydroxyl groups is 1. The van der Waals surface area contributed by atoms with E-state index in [0.29, 0.717) is 24.0 Å². The number of benzene rings is 1. The fourth-order valence-corrected chi connectivity index (χ4v) is 3.67. The SMILES string of the molecule is CCC(CCO)NS(=O)(=O)c1cc([N+](=O)[O-])cc(C)c1C. The Kier molecular flexibility index (Phi) is 5.82. The minimum Gasteiger partial charge on any atom is -0.396 e. The number of aryl methyl sites for hydroxylation is 1. The predicted octanol–water partition coefficient (Wildman–Crippen LogP) is 1.65. The van der Waals surface area contributed by atoms with Gasteiger partial charge in [-0.2, -0.15) is 0 Å². The van der Waals surface area contributed by atoms with Gasteiger partial charge in [-0.15, -0.1) is 0 Å². The summed E-state index contributed by atoms with van der Waals surface area (Å²) < 4.78 is 27.3. The van der Waals surface area contributed by atoms with E-state index in [1.807, 2.05) is 0 Å². The molecule has 2 N–H and O–H groups in total. The topological polar surface area (TPSA) is 110 Å². The molecular weight excluding hydrogens is 296 g/mol. The Morgan fingerprint density at radius 2 is 2.00 bits per heavy atom. The van der Waals surface area contributed by atoms with Gasteiger partial charge in [-0.3, -0.25) is 10.1 Å². The molecule has 0 aliphatic carbocycles. The molecule has 0 aliphatic rings. The van der Waals surface area contributed by atoms with E-state index in [1.54, 1.807) is 20.8 Å².